The molecule has 0 bridgehead atoms. The lowest BCUT2D eigenvalue weighted by atomic mass is 10.2. The Morgan fingerprint density at radius 2 is 1.79 bits per heavy atom. The molecule has 2 aromatic carbocycles. The van der Waals surface area contributed by atoms with Gasteiger partial charge in [-0.2, -0.15) is 0 Å². The lowest BCUT2D eigenvalue weighted by Gasteiger charge is -2.12. The largest absolute Gasteiger partial charge is 0.497 e. The Morgan fingerprint density at radius 1 is 0.964 bits per heavy atom. The van der Waals surface area contributed by atoms with Crippen LogP contribution in [0.3, 0.4) is 0 Å². The first-order chi connectivity index (χ1) is 13.5. The Morgan fingerprint density at radius 3 is 2.43 bits per heavy atom. The molecule has 2 N–H and O–H groups in total. The number of halogens is 2. The summed E-state index contributed by atoms with van der Waals surface area (Å²) >= 11 is 0. The van der Waals surface area contributed by atoms with Gasteiger partial charge in [0.15, 0.2) is 11.6 Å². The lowest BCUT2D eigenvalue weighted by Crippen LogP contribution is -2.13. The van der Waals surface area contributed by atoms with Crippen LogP contribution in [-0.2, 0) is 0 Å². The van der Waals surface area contributed by atoms with Gasteiger partial charge in [-0.1, -0.05) is 0 Å². The number of pyridine rings is 1. The second-order valence-corrected chi connectivity index (χ2v) is 5.71. The third-order valence-electron chi connectivity index (χ3n) is 3.87. The van der Waals surface area contributed by atoms with E-state index in [9.17, 15) is 13.6 Å². The van der Waals surface area contributed by atoms with Gasteiger partial charge in [0.1, 0.15) is 17.3 Å². The number of carbonyl (C=O) groups is 1. The smallest absolute Gasteiger partial charge is 0.256 e. The molecule has 3 aromatic rings. The van der Waals surface area contributed by atoms with Crippen molar-refractivity contribution in [2.75, 3.05) is 24.9 Å². The van der Waals surface area contributed by atoms with Gasteiger partial charge >= 0.3 is 0 Å². The van der Waals surface area contributed by atoms with Crippen molar-refractivity contribution in [2.45, 2.75) is 0 Å². The lowest BCUT2D eigenvalue weighted by molar-refractivity contribution is 0.102. The van der Waals surface area contributed by atoms with E-state index in [4.69, 9.17) is 9.47 Å². The summed E-state index contributed by atoms with van der Waals surface area (Å²) in [5, 5.41) is 5.68. The molecule has 3 rings (SSSR count). The molecule has 28 heavy (non-hydrogen) atoms. The van der Waals surface area contributed by atoms with Crippen molar-refractivity contribution in [2.24, 2.45) is 0 Å². The van der Waals surface area contributed by atoms with E-state index in [0.29, 0.717) is 22.9 Å². The maximum Gasteiger partial charge on any atom is 0.256 e. The van der Waals surface area contributed by atoms with Crippen LogP contribution in [0, 0.1) is 11.6 Å². The standard InChI is InChI=1S/C20H17F2N3O3/c1-27-14-5-7-17(18(10-14)28-2)24-13-4-8-19(23-11-13)25-20(26)12-3-6-15(21)16(22)9-12/h3-11,24H,1-2H3,(H,23,25,26). The van der Waals surface area contributed by atoms with Crippen LogP contribution in [0.2, 0.25) is 0 Å². The maximum absolute atomic E-state index is 13.3. The summed E-state index contributed by atoms with van der Waals surface area (Å²) in [5.74, 6) is -1.18. The third-order valence-corrected chi connectivity index (χ3v) is 3.87. The van der Waals surface area contributed by atoms with Crippen LogP contribution >= 0.6 is 0 Å². The summed E-state index contributed by atoms with van der Waals surface area (Å²) in [6.45, 7) is 0. The predicted molar refractivity (Wildman–Crippen MR) is 101 cm³/mol. The van der Waals surface area contributed by atoms with Crippen molar-refractivity contribution in [3.8, 4) is 11.5 Å². The van der Waals surface area contributed by atoms with Crippen LogP contribution in [0.1, 0.15) is 10.4 Å². The SMILES string of the molecule is COc1ccc(Nc2ccc(NC(=O)c3ccc(F)c(F)c3)nc2)c(OC)c1. The van der Waals surface area contributed by atoms with Crippen LogP contribution in [0.15, 0.2) is 54.7 Å². The van der Waals surface area contributed by atoms with Crippen LogP contribution in [0.25, 0.3) is 0 Å². The highest BCUT2D eigenvalue weighted by Crippen LogP contribution is 2.31. The normalized spacial score (nSPS) is 10.3. The van der Waals surface area contributed by atoms with E-state index in [1.54, 1.807) is 44.6 Å². The number of hydrogen-bond donors (Lipinski definition) is 2. The monoisotopic (exact) mass is 385 g/mol. The third kappa shape index (κ3) is 4.35. The Hall–Kier alpha value is -3.68. The molecule has 1 aromatic heterocycles. The molecule has 0 saturated carbocycles. The van der Waals surface area contributed by atoms with Crippen molar-refractivity contribution < 1.29 is 23.0 Å². The van der Waals surface area contributed by atoms with E-state index >= 15 is 0 Å². The first-order valence-corrected chi connectivity index (χ1v) is 8.21. The number of amides is 1. The molecule has 0 radical (unpaired) electrons. The van der Waals surface area contributed by atoms with Gasteiger partial charge in [-0.05, 0) is 42.5 Å². The van der Waals surface area contributed by atoms with Gasteiger partial charge in [0.2, 0.25) is 0 Å². The summed E-state index contributed by atoms with van der Waals surface area (Å²) < 4.78 is 36.7. The number of anilines is 3. The summed E-state index contributed by atoms with van der Waals surface area (Å²) in [6.07, 6.45) is 1.52. The average molecular weight is 385 g/mol. The van der Waals surface area contributed by atoms with E-state index < -0.39 is 17.5 Å². The number of methoxy groups -OCH3 is 2. The van der Waals surface area contributed by atoms with Crippen molar-refractivity contribution in [1.29, 1.82) is 0 Å². The molecular weight excluding hydrogens is 368 g/mol. The number of rotatable bonds is 6. The highest BCUT2D eigenvalue weighted by molar-refractivity contribution is 6.03. The number of nitrogens with one attached hydrogen (secondary N) is 2. The fourth-order valence-electron chi connectivity index (χ4n) is 2.42. The number of aromatic nitrogens is 1. The molecule has 0 aliphatic heterocycles. The summed E-state index contributed by atoms with van der Waals surface area (Å²) in [6, 6.07) is 11.5. The van der Waals surface area contributed by atoms with Gasteiger partial charge in [-0.25, -0.2) is 13.8 Å². The Kier molecular flexibility index (Phi) is 5.69. The molecule has 0 aliphatic carbocycles. The zero-order valence-corrected chi connectivity index (χ0v) is 15.1. The number of hydrogen-bond acceptors (Lipinski definition) is 5. The molecule has 1 heterocycles. The van der Waals surface area contributed by atoms with Crippen molar-refractivity contribution in [3.05, 3.63) is 71.9 Å². The minimum atomic E-state index is -1.09. The van der Waals surface area contributed by atoms with E-state index in [0.717, 1.165) is 12.1 Å². The molecule has 1 amide bonds. The molecule has 0 unspecified atom stereocenters. The quantitative estimate of drug-likeness (QED) is 0.659. The van der Waals surface area contributed by atoms with Crippen LogP contribution < -0.4 is 20.1 Å². The molecule has 0 spiro atoms. The molecule has 0 aliphatic rings. The van der Waals surface area contributed by atoms with Crippen LogP contribution in [0.4, 0.5) is 26.0 Å². The molecule has 144 valence electrons. The molecule has 0 atom stereocenters. The molecule has 0 saturated heterocycles. The fourth-order valence-corrected chi connectivity index (χ4v) is 2.42. The zero-order valence-electron chi connectivity index (χ0n) is 15.1. The topological polar surface area (TPSA) is 72.5 Å². The first kappa shape index (κ1) is 19.1. The summed E-state index contributed by atoms with van der Waals surface area (Å²) in [4.78, 5) is 16.3. The van der Waals surface area contributed by atoms with E-state index in [1.165, 1.54) is 12.3 Å². The zero-order chi connectivity index (χ0) is 20.1. The number of ether oxygens (including phenoxy) is 2. The van der Waals surface area contributed by atoms with Gasteiger partial charge < -0.3 is 20.1 Å². The van der Waals surface area contributed by atoms with Gasteiger partial charge in [-0.3, -0.25) is 4.79 Å². The van der Waals surface area contributed by atoms with Gasteiger partial charge in [-0.15, -0.1) is 0 Å². The molecular formula is C20H17F2N3O3. The van der Waals surface area contributed by atoms with Gasteiger partial charge in [0.05, 0.1) is 31.8 Å². The fraction of sp³-hybridized carbons (Fsp3) is 0.100. The number of benzene rings is 2. The highest BCUT2D eigenvalue weighted by atomic mass is 19.2. The van der Waals surface area contributed by atoms with Crippen molar-refractivity contribution in [1.82, 2.24) is 4.98 Å². The minimum Gasteiger partial charge on any atom is -0.497 e. The predicted octanol–water partition coefficient (Wildman–Crippen LogP) is 4.37. The second kappa shape index (κ2) is 8.34. The Labute approximate surface area is 160 Å². The first-order valence-electron chi connectivity index (χ1n) is 8.21. The Bertz CT molecular complexity index is 994. The van der Waals surface area contributed by atoms with Gasteiger partial charge in [0.25, 0.3) is 5.91 Å². The van der Waals surface area contributed by atoms with Crippen molar-refractivity contribution >= 4 is 23.1 Å². The number of carbonyl (C=O) groups excluding carboxylic acids is 1. The second-order valence-electron chi connectivity index (χ2n) is 5.71. The molecule has 8 heteroatoms. The van der Waals surface area contributed by atoms with Crippen LogP contribution in [-0.4, -0.2) is 25.1 Å². The number of nitrogens with zero attached hydrogens (tertiary/aromatic N) is 1. The van der Waals surface area contributed by atoms with E-state index in [-0.39, 0.29) is 11.4 Å². The van der Waals surface area contributed by atoms with E-state index in [2.05, 4.69) is 15.6 Å². The molecule has 0 fully saturated rings. The average Bonchev–Trinajstić information content (AvgIpc) is 2.71. The summed E-state index contributed by atoms with van der Waals surface area (Å²) in [5.41, 5.74) is 1.36. The Balaban J connectivity index is 1.70. The van der Waals surface area contributed by atoms with Crippen molar-refractivity contribution in [3.63, 3.8) is 0 Å². The highest BCUT2D eigenvalue weighted by Gasteiger charge is 2.11. The molecule has 6 nitrogen and oxygen atoms in total. The minimum absolute atomic E-state index is 0.00845. The van der Waals surface area contributed by atoms with Crippen LogP contribution in [0.5, 0.6) is 11.5 Å². The maximum atomic E-state index is 13.3. The summed E-state index contributed by atoms with van der Waals surface area (Å²) in [7, 11) is 3.12. The van der Waals surface area contributed by atoms with Gasteiger partial charge in [0, 0.05) is 11.6 Å². The van der Waals surface area contributed by atoms with E-state index in [1.807, 2.05) is 0 Å².